The highest BCUT2D eigenvalue weighted by Crippen LogP contribution is 2.27. The van der Waals surface area contributed by atoms with Crippen molar-refractivity contribution >= 4 is 22.0 Å². The molecule has 0 amide bonds. The highest BCUT2D eigenvalue weighted by Gasteiger charge is 2.02. The summed E-state index contributed by atoms with van der Waals surface area (Å²) in [6.45, 7) is 2.10. The fourth-order valence-corrected chi connectivity index (χ4v) is 1.43. The summed E-state index contributed by atoms with van der Waals surface area (Å²) in [5.41, 5.74) is 0.729. The average molecular weight is 271 g/mol. The Labute approximate surface area is 98.4 Å². The first-order chi connectivity index (χ1) is 7.15. The molecule has 1 atom stereocenters. The smallest absolute Gasteiger partial charge is 0.140 e. The molecular weight excluding hydrogens is 256 g/mol. The molecule has 0 aliphatic carbocycles. The van der Waals surface area contributed by atoms with Gasteiger partial charge in [0.1, 0.15) is 5.75 Å². The average Bonchev–Trinajstić information content (AvgIpc) is 2.24. The summed E-state index contributed by atoms with van der Waals surface area (Å²) in [6, 6.07) is 0.434. The zero-order chi connectivity index (χ0) is 11.3. The Morgan fingerprint density at radius 3 is 3.00 bits per heavy atom. The highest BCUT2D eigenvalue weighted by molar-refractivity contribution is 9.10. The van der Waals surface area contributed by atoms with Crippen LogP contribution >= 0.6 is 15.9 Å². The van der Waals surface area contributed by atoms with Gasteiger partial charge in [0, 0.05) is 24.0 Å². The summed E-state index contributed by atoms with van der Waals surface area (Å²) in [6.07, 6.45) is 8.03. The van der Waals surface area contributed by atoms with Crippen molar-refractivity contribution in [2.24, 2.45) is 0 Å². The second-order valence-electron chi connectivity index (χ2n) is 3.39. The zero-order valence-electron chi connectivity index (χ0n) is 8.87. The van der Waals surface area contributed by atoms with Gasteiger partial charge in [0.2, 0.25) is 0 Å². The molecule has 1 aromatic heterocycles. The van der Waals surface area contributed by atoms with Crippen molar-refractivity contribution < 1.29 is 5.11 Å². The fourth-order valence-electron chi connectivity index (χ4n) is 1.08. The second-order valence-corrected chi connectivity index (χ2v) is 4.24. The molecule has 0 fully saturated rings. The van der Waals surface area contributed by atoms with Crippen LogP contribution < -0.4 is 5.32 Å². The van der Waals surface area contributed by atoms with Crippen LogP contribution in [-0.4, -0.2) is 23.2 Å². The van der Waals surface area contributed by atoms with E-state index in [1.54, 1.807) is 12.4 Å². The van der Waals surface area contributed by atoms with Gasteiger partial charge in [-0.25, -0.2) is 0 Å². The van der Waals surface area contributed by atoms with Gasteiger partial charge in [-0.15, -0.1) is 0 Å². The minimum Gasteiger partial charge on any atom is -0.506 e. The van der Waals surface area contributed by atoms with Crippen LogP contribution in [0, 0.1) is 0 Å². The lowest BCUT2D eigenvalue weighted by Crippen LogP contribution is -2.19. The number of rotatable bonds is 4. The molecule has 0 saturated carbocycles. The number of nitrogens with zero attached hydrogens (tertiary/aromatic N) is 1. The zero-order valence-corrected chi connectivity index (χ0v) is 10.5. The van der Waals surface area contributed by atoms with E-state index in [9.17, 15) is 5.11 Å². The van der Waals surface area contributed by atoms with Gasteiger partial charge >= 0.3 is 0 Å². The van der Waals surface area contributed by atoms with E-state index in [4.69, 9.17) is 0 Å². The van der Waals surface area contributed by atoms with Crippen molar-refractivity contribution in [3.05, 3.63) is 28.5 Å². The third kappa shape index (κ3) is 3.64. The first kappa shape index (κ1) is 12.2. The molecule has 4 heteroatoms. The summed E-state index contributed by atoms with van der Waals surface area (Å²) in [4.78, 5) is 3.99. The summed E-state index contributed by atoms with van der Waals surface area (Å²) < 4.78 is 0.617. The van der Waals surface area contributed by atoms with Crippen LogP contribution in [0.25, 0.3) is 6.08 Å². The Morgan fingerprint density at radius 2 is 2.33 bits per heavy atom. The molecular formula is C11H15BrN2O. The predicted octanol–water partition coefficient (Wildman–Crippen LogP) is 2.56. The summed E-state index contributed by atoms with van der Waals surface area (Å²) >= 11 is 3.22. The van der Waals surface area contributed by atoms with Gasteiger partial charge in [0.25, 0.3) is 0 Å². The van der Waals surface area contributed by atoms with Crippen LogP contribution in [0.1, 0.15) is 18.9 Å². The van der Waals surface area contributed by atoms with Gasteiger partial charge < -0.3 is 10.4 Å². The second kappa shape index (κ2) is 5.88. The monoisotopic (exact) mass is 270 g/mol. The third-order valence-corrected chi connectivity index (χ3v) is 2.76. The Balaban J connectivity index is 2.68. The quantitative estimate of drug-likeness (QED) is 0.884. The number of hydrogen-bond donors (Lipinski definition) is 2. The number of aromatic hydroxyl groups is 1. The Bertz CT molecular complexity index is 352. The maximum atomic E-state index is 9.67. The van der Waals surface area contributed by atoms with Crippen molar-refractivity contribution in [1.82, 2.24) is 10.3 Å². The molecule has 0 radical (unpaired) electrons. The van der Waals surface area contributed by atoms with Gasteiger partial charge in [-0.05, 0) is 36.3 Å². The lowest BCUT2D eigenvalue weighted by molar-refractivity contribution is 0.469. The SMILES string of the molecule is CNC(C)C/C=C/c1cncc(Br)c1O. The van der Waals surface area contributed by atoms with Crippen molar-refractivity contribution in [2.75, 3.05) is 7.05 Å². The van der Waals surface area contributed by atoms with Crippen LogP contribution in [-0.2, 0) is 0 Å². The molecule has 0 saturated heterocycles. The van der Waals surface area contributed by atoms with Crippen molar-refractivity contribution in [2.45, 2.75) is 19.4 Å². The molecule has 0 aromatic carbocycles. The van der Waals surface area contributed by atoms with Crippen molar-refractivity contribution in [1.29, 1.82) is 0 Å². The maximum absolute atomic E-state index is 9.67. The van der Waals surface area contributed by atoms with Gasteiger partial charge in [-0.1, -0.05) is 12.2 Å². The van der Waals surface area contributed by atoms with E-state index >= 15 is 0 Å². The molecule has 1 heterocycles. The topological polar surface area (TPSA) is 45.2 Å². The van der Waals surface area contributed by atoms with E-state index in [-0.39, 0.29) is 5.75 Å². The van der Waals surface area contributed by atoms with E-state index in [2.05, 4.69) is 33.2 Å². The van der Waals surface area contributed by atoms with Crippen molar-refractivity contribution in [3.8, 4) is 5.75 Å². The van der Waals surface area contributed by atoms with E-state index in [0.717, 1.165) is 12.0 Å². The third-order valence-electron chi connectivity index (χ3n) is 2.18. The normalized spacial score (nSPS) is 13.3. The number of nitrogens with one attached hydrogen (secondary N) is 1. The van der Waals surface area contributed by atoms with Crippen LogP contribution in [0.2, 0.25) is 0 Å². The summed E-state index contributed by atoms with van der Waals surface area (Å²) in [5.74, 6) is 0.235. The molecule has 0 aliphatic rings. The molecule has 15 heavy (non-hydrogen) atoms. The first-order valence-electron chi connectivity index (χ1n) is 4.81. The standard InChI is InChI=1S/C11H15BrN2O/c1-8(13-2)4-3-5-9-6-14-7-10(12)11(9)15/h3,5-8,13H,4H2,1-2H3,(H,14,15)/b5-3+. The Morgan fingerprint density at radius 1 is 1.60 bits per heavy atom. The largest absolute Gasteiger partial charge is 0.506 e. The molecule has 82 valence electrons. The Hall–Kier alpha value is -0.870. The van der Waals surface area contributed by atoms with E-state index in [1.165, 1.54) is 0 Å². The molecule has 3 nitrogen and oxygen atoms in total. The van der Waals surface area contributed by atoms with E-state index < -0.39 is 0 Å². The van der Waals surface area contributed by atoms with Gasteiger partial charge in [-0.2, -0.15) is 0 Å². The van der Waals surface area contributed by atoms with Crippen molar-refractivity contribution in [3.63, 3.8) is 0 Å². The minimum absolute atomic E-state index is 0.235. The van der Waals surface area contributed by atoms with Crippen LogP contribution in [0.4, 0.5) is 0 Å². The number of hydrogen-bond acceptors (Lipinski definition) is 3. The van der Waals surface area contributed by atoms with E-state index in [1.807, 2.05) is 19.2 Å². The first-order valence-corrected chi connectivity index (χ1v) is 5.60. The predicted molar refractivity (Wildman–Crippen MR) is 65.8 cm³/mol. The summed E-state index contributed by atoms with van der Waals surface area (Å²) in [7, 11) is 1.93. The molecule has 2 N–H and O–H groups in total. The number of halogens is 1. The molecule has 1 aromatic rings. The lowest BCUT2D eigenvalue weighted by Gasteiger charge is -2.05. The van der Waals surface area contributed by atoms with Crippen LogP contribution in [0.5, 0.6) is 5.75 Å². The fraction of sp³-hybridized carbons (Fsp3) is 0.364. The lowest BCUT2D eigenvalue weighted by atomic mass is 10.2. The minimum atomic E-state index is 0.235. The highest BCUT2D eigenvalue weighted by atomic mass is 79.9. The van der Waals surface area contributed by atoms with Crippen LogP contribution in [0.15, 0.2) is 22.9 Å². The molecule has 0 aliphatic heterocycles. The van der Waals surface area contributed by atoms with Gasteiger partial charge in [-0.3, -0.25) is 4.98 Å². The van der Waals surface area contributed by atoms with Gasteiger partial charge in [0.15, 0.2) is 0 Å². The van der Waals surface area contributed by atoms with E-state index in [0.29, 0.717) is 10.5 Å². The molecule has 0 bridgehead atoms. The van der Waals surface area contributed by atoms with Crippen LogP contribution in [0.3, 0.4) is 0 Å². The number of pyridine rings is 1. The maximum Gasteiger partial charge on any atom is 0.140 e. The summed E-state index contributed by atoms with van der Waals surface area (Å²) in [5, 5.41) is 12.8. The molecule has 1 unspecified atom stereocenters. The van der Waals surface area contributed by atoms with Gasteiger partial charge in [0.05, 0.1) is 4.47 Å². The molecule has 1 rings (SSSR count). The number of aromatic nitrogens is 1. The Kier molecular flexibility index (Phi) is 4.78. The molecule has 0 spiro atoms.